The Hall–Kier alpha value is -2.27. The summed E-state index contributed by atoms with van der Waals surface area (Å²) in [5.74, 6) is 0. The Morgan fingerprint density at radius 3 is 2.71 bits per heavy atom. The van der Waals surface area contributed by atoms with Crippen LogP contribution in [0.2, 0.25) is 0 Å². The molecule has 0 unspecified atom stereocenters. The van der Waals surface area contributed by atoms with Crippen molar-refractivity contribution in [2.24, 2.45) is 7.05 Å². The zero-order valence-electron chi connectivity index (χ0n) is 11.4. The number of hydrogen-bond acceptors (Lipinski definition) is 1. The molecule has 5 heteroatoms. The van der Waals surface area contributed by atoms with Gasteiger partial charge in [0.25, 0.3) is 0 Å². The first-order chi connectivity index (χ1) is 10.1. The van der Waals surface area contributed by atoms with Gasteiger partial charge in [-0.05, 0) is 24.3 Å². The number of anilines is 2. The second-order valence-corrected chi connectivity index (χ2v) is 5.68. The minimum Gasteiger partial charge on any atom is -0.348 e. The number of halogens is 1. The molecule has 4 nitrogen and oxygen atoms in total. The number of carbonyl (C=O) groups excluding carboxylic acids is 1. The van der Waals surface area contributed by atoms with E-state index in [2.05, 4.69) is 26.6 Å². The largest absolute Gasteiger partial charge is 0.348 e. The molecule has 0 atom stereocenters. The summed E-state index contributed by atoms with van der Waals surface area (Å²) in [6.07, 6.45) is 1.91. The predicted molar refractivity (Wildman–Crippen MR) is 89.7 cm³/mol. The van der Waals surface area contributed by atoms with Crippen LogP contribution in [0.25, 0.3) is 10.9 Å². The first-order valence-electron chi connectivity index (χ1n) is 6.51. The highest BCUT2D eigenvalue weighted by Gasteiger charge is 2.09. The van der Waals surface area contributed by atoms with E-state index in [-0.39, 0.29) is 6.03 Å². The fraction of sp³-hybridized carbons (Fsp3) is 0.0625. The molecule has 0 aliphatic carbocycles. The molecule has 2 aromatic carbocycles. The van der Waals surface area contributed by atoms with Crippen LogP contribution in [0.15, 0.2) is 59.2 Å². The molecule has 3 aromatic rings. The molecule has 1 heterocycles. The van der Waals surface area contributed by atoms with Crippen LogP contribution < -0.4 is 10.6 Å². The minimum atomic E-state index is -0.260. The molecular formula is C16H14BrN3O. The van der Waals surface area contributed by atoms with E-state index in [1.807, 2.05) is 66.3 Å². The van der Waals surface area contributed by atoms with Gasteiger partial charge in [0.05, 0.1) is 5.69 Å². The van der Waals surface area contributed by atoms with E-state index in [1.165, 1.54) is 0 Å². The van der Waals surface area contributed by atoms with E-state index in [4.69, 9.17) is 0 Å². The Balaban J connectivity index is 1.80. The quantitative estimate of drug-likeness (QED) is 0.702. The maximum absolute atomic E-state index is 12.1. The molecule has 106 valence electrons. The van der Waals surface area contributed by atoms with Crippen molar-refractivity contribution in [2.75, 3.05) is 10.6 Å². The van der Waals surface area contributed by atoms with Gasteiger partial charge in [-0.1, -0.05) is 40.2 Å². The van der Waals surface area contributed by atoms with Crippen molar-refractivity contribution < 1.29 is 4.79 Å². The summed E-state index contributed by atoms with van der Waals surface area (Å²) in [6, 6.07) is 15.2. The van der Waals surface area contributed by atoms with Crippen molar-refractivity contribution in [3.63, 3.8) is 0 Å². The van der Waals surface area contributed by atoms with Gasteiger partial charge < -0.3 is 15.2 Å². The number of hydrogen-bond donors (Lipinski definition) is 2. The molecule has 0 saturated heterocycles. The topological polar surface area (TPSA) is 46.1 Å². The number of rotatable bonds is 2. The summed E-state index contributed by atoms with van der Waals surface area (Å²) in [7, 11) is 1.96. The lowest BCUT2D eigenvalue weighted by Crippen LogP contribution is -2.19. The van der Waals surface area contributed by atoms with Gasteiger partial charge in [0.15, 0.2) is 0 Å². The van der Waals surface area contributed by atoms with Crippen molar-refractivity contribution in [3.8, 4) is 0 Å². The van der Waals surface area contributed by atoms with Gasteiger partial charge in [0, 0.05) is 34.3 Å². The number of nitrogens with zero attached hydrogens (tertiary/aromatic N) is 1. The maximum Gasteiger partial charge on any atom is 0.323 e. The first kappa shape index (κ1) is 13.7. The zero-order valence-corrected chi connectivity index (χ0v) is 13.0. The average molecular weight is 344 g/mol. The summed E-state index contributed by atoms with van der Waals surface area (Å²) in [6.45, 7) is 0. The lowest BCUT2D eigenvalue weighted by molar-refractivity contribution is 0.262. The number of urea groups is 1. The molecule has 0 radical (unpaired) electrons. The van der Waals surface area contributed by atoms with E-state index < -0.39 is 0 Å². The third-order valence-electron chi connectivity index (χ3n) is 3.23. The van der Waals surface area contributed by atoms with Crippen LogP contribution in [0.4, 0.5) is 16.2 Å². The van der Waals surface area contributed by atoms with Gasteiger partial charge in [-0.15, -0.1) is 0 Å². The fourth-order valence-electron chi connectivity index (χ4n) is 2.29. The van der Waals surface area contributed by atoms with Crippen LogP contribution in [0.5, 0.6) is 0 Å². The first-order valence-corrected chi connectivity index (χ1v) is 7.30. The number of amides is 2. The highest BCUT2D eigenvalue weighted by Crippen LogP contribution is 2.25. The number of para-hydroxylation sites is 1. The maximum atomic E-state index is 12.1. The molecule has 2 N–H and O–H groups in total. The van der Waals surface area contributed by atoms with Crippen LogP contribution in [-0.2, 0) is 7.05 Å². The number of benzene rings is 2. The molecule has 1 aromatic heterocycles. The Bertz CT molecular complexity index is 810. The lowest BCUT2D eigenvalue weighted by atomic mass is 10.2. The standard InChI is InChI=1S/C16H14BrN3O/c1-20-10-14(13-7-2-3-8-15(13)20)19-16(21)18-12-6-4-5-11(17)9-12/h2-10H,1H3,(H2,18,19,21). The third-order valence-corrected chi connectivity index (χ3v) is 3.72. The van der Waals surface area contributed by atoms with Crippen LogP contribution in [0, 0.1) is 0 Å². The summed E-state index contributed by atoms with van der Waals surface area (Å²) in [5, 5.41) is 6.72. The molecule has 0 aliphatic rings. The van der Waals surface area contributed by atoms with Crippen LogP contribution in [-0.4, -0.2) is 10.6 Å². The number of aryl methyl sites for hydroxylation is 1. The Morgan fingerprint density at radius 1 is 1.10 bits per heavy atom. The monoisotopic (exact) mass is 343 g/mol. The molecule has 0 spiro atoms. The second kappa shape index (κ2) is 5.61. The van der Waals surface area contributed by atoms with Gasteiger partial charge >= 0.3 is 6.03 Å². The third kappa shape index (κ3) is 2.92. The lowest BCUT2D eigenvalue weighted by Gasteiger charge is -2.07. The number of fused-ring (bicyclic) bond motifs is 1. The van der Waals surface area contributed by atoms with E-state index in [0.29, 0.717) is 0 Å². The average Bonchev–Trinajstić information content (AvgIpc) is 2.76. The molecule has 3 rings (SSSR count). The van der Waals surface area contributed by atoms with Crippen molar-refractivity contribution in [1.29, 1.82) is 0 Å². The van der Waals surface area contributed by atoms with Crippen LogP contribution in [0.1, 0.15) is 0 Å². The second-order valence-electron chi connectivity index (χ2n) is 4.76. The minimum absolute atomic E-state index is 0.260. The highest BCUT2D eigenvalue weighted by molar-refractivity contribution is 9.10. The van der Waals surface area contributed by atoms with Gasteiger partial charge in [-0.3, -0.25) is 0 Å². The molecule has 0 aliphatic heterocycles. The van der Waals surface area contributed by atoms with E-state index in [1.54, 1.807) is 0 Å². The van der Waals surface area contributed by atoms with Crippen molar-refractivity contribution in [1.82, 2.24) is 4.57 Å². The van der Waals surface area contributed by atoms with Crippen LogP contribution >= 0.6 is 15.9 Å². The van der Waals surface area contributed by atoms with Crippen molar-refractivity contribution in [3.05, 3.63) is 59.2 Å². The normalized spacial score (nSPS) is 10.6. The molecule has 0 bridgehead atoms. The van der Waals surface area contributed by atoms with Gasteiger partial charge in [0.2, 0.25) is 0 Å². The summed E-state index contributed by atoms with van der Waals surface area (Å²) < 4.78 is 2.91. The van der Waals surface area contributed by atoms with Gasteiger partial charge in [-0.2, -0.15) is 0 Å². The van der Waals surface area contributed by atoms with E-state index >= 15 is 0 Å². The Morgan fingerprint density at radius 2 is 1.90 bits per heavy atom. The predicted octanol–water partition coefficient (Wildman–Crippen LogP) is 4.58. The summed E-state index contributed by atoms with van der Waals surface area (Å²) in [5.41, 5.74) is 2.61. The molecule has 0 fully saturated rings. The SMILES string of the molecule is Cn1cc(NC(=O)Nc2cccc(Br)c2)c2ccccc21. The Labute approximate surface area is 130 Å². The molecular weight excluding hydrogens is 330 g/mol. The fourth-order valence-corrected chi connectivity index (χ4v) is 2.69. The van der Waals surface area contributed by atoms with E-state index in [9.17, 15) is 4.79 Å². The smallest absolute Gasteiger partial charge is 0.323 e. The number of carbonyl (C=O) groups is 1. The molecule has 2 amide bonds. The zero-order chi connectivity index (χ0) is 14.8. The van der Waals surface area contributed by atoms with Gasteiger partial charge in [-0.25, -0.2) is 4.79 Å². The van der Waals surface area contributed by atoms with E-state index in [0.717, 1.165) is 26.8 Å². The number of nitrogens with one attached hydrogen (secondary N) is 2. The molecule has 21 heavy (non-hydrogen) atoms. The molecule has 0 saturated carbocycles. The van der Waals surface area contributed by atoms with Gasteiger partial charge in [0.1, 0.15) is 0 Å². The summed E-state index contributed by atoms with van der Waals surface area (Å²) in [4.78, 5) is 12.1. The summed E-state index contributed by atoms with van der Waals surface area (Å²) >= 11 is 3.38. The van der Waals surface area contributed by atoms with Crippen LogP contribution in [0.3, 0.4) is 0 Å². The van der Waals surface area contributed by atoms with Crippen molar-refractivity contribution >= 4 is 44.2 Å². The Kier molecular flexibility index (Phi) is 3.66. The highest BCUT2D eigenvalue weighted by atomic mass is 79.9. The number of aromatic nitrogens is 1. The van der Waals surface area contributed by atoms with Crippen molar-refractivity contribution in [2.45, 2.75) is 0 Å².